The first-order valence-electron chi connectivity index (χ1n) is 5.48. The van der Waals surface area contributed by atoms with Crippen LogP contribution in [0.4, 0.5) is 0 Å². The summed E-state index contributed by atoms with van der Waals surface area (Å²) < 4.78 is 0. The molecular formula is C12H24S. The minimum Gasteiger partial charge on any atom is -0.175 e. The van der Waals surface area contributed by atoms with Gasteiger partial charge in [0.15, 0.2) is 0 Å². The van der Waals surface area contributed by atoms with Crippen LogP contribution in [0.5, 0.6) is 0 Å². The molecule has 0 aromatic heterocycles. The topological polar surface area (TPSA) is 0 Å². The lowest BCUT2D eigenvalue weighted by Gasteiger charge is -2.52. The number of thiol groups is 1. The monoisotopic (exact) mass is 200 g/mol. The SMILES string of the molecule is CC1C(C)C(C)C(C)(C)C(S)C1C. The average molecular weight is 200 g/mol. The van der Waals surface area contributed by atoms with Crippen molar-refractivity contribution >= 4 is 12.6 Å². The Labute approximate surface area is 88.9 Å². The molecule has 0 spiro atoms. The van der Waals surface area contributed by atoms with E-state index in [-0.39, 0.29) is 0 Å². The van der Waals surface area contributed by atoms with Crippen LogP contribution in [0.15, 0.2) is 0 Å². The van der Waals surface area contributed by atoms with Crippen molar-refractivity contribution in [1.82, 2.24) is 0 Å². The molecule has 0 nitrogen and oxygen atoms in total. The first-order chi connectivity index (χ1) is 5.80. The maximum atomic E-state index is 4.80. The van der Waals surface area contributed by atoms with Crippen molar-refractivity contribution in [2.24, 2.45) is 29.1 Å². The smallest absolute Gasteiger partial charge is 0.00989 e. The van der Waals surface area contributed by atoms with E-state index in [1.165, 1.54) is 0 Å². The first-order valence-corrected chi connectivity index (χ1v) is 5.99. The molecule has 1 fully saturated rings. The third-order valence-corrected chi connectivity index (χ3v) is 6.02. The van der Waals surface area contributed by atoms with E-state index in [0.717, 1.165) is 23.7 Å². The number of hydrogen-bond donors (Lipinski definition) is 1. The Morgan fingerprint density at radius 1 is 0.846 bits per heavy atom. The third-order valence-electron chi connectivity index (χ3n) is 4.88. The van der Waals surface area contributed by atoms with E-state index in [2.05, 4.69) is 41.5 Å². The summed E-state index contributed by atoms with van der Waals surface area (Å²) in [5, 5.41) is 0.550. The minimum atomic E-state index is 0.383. The highest BCUT2D eigenvalue weighted by Crippen LogP contribution is 2.51. The molecule has 0 heterocycles. The summed E-state index contributed by atoms with van der Waals surface area (Å²) in [6.07, 6.45) is 0. The zero-order valence-electron chi connectivity index (χ0n) is 9.83. The van der Waals surface area contributed by atoms with Crippen molar-refractivity contribution in [3.05, 3.63) is 0 Å². The standard InChI is InChI=1S/C12H24S/c1-7-8(2)10(4)12(5,6)11(13)9(7)3/h7-11,13H,1-6H3. The van der Waals surface area contributed by atoms with Gasteiger partial charge in [0.1, 0.15) is 0 Å². The molecule has 0 aromatic carbocycles. The van der Waals surface area contributed by atoms with Crippen molar-refractivity contribution in [3.63, 3.8) is 0 Å². The maximum absolute atomic E-state index is 4.80. The van der Waals surface area contributed by atoms with Gasteiger partial charge in [-0.1, -0.05) is 41.5 Å². The van der Waals surface area contributed by atoms with Gasteiger partial charge in [-0.25, -0.2) is 0 Å². The van der Waals surface area contributed by atoms with Gasteiger partial charge in [0, 0.05) is 5.25 Å². The molecule has 0 amide bonds. The van der Waals surface area contributed by atoms with E-state index in [1.54, 1.807) is 0 Å². The number of rotatable bonds is 0. The normalized spacial score (nSPS) is 50.5. The summed E-state index contributed by atoms with van der Waals surface area (Å²) in [4.78, 5) is 0. The van der Waals surface area contributed by atoms with Gasteiger partial charge in [-0.2, -0.15) is 12.6 Å². The molecule has 78 valence electrons. The van der Waals surface area contributed by atoms with Crippen molar-refractivity contribution in [3.8, 4) is 0 Å². The van der Waals surface area contributed by atoms with Crippen molar-refractivity contribution in [2.45, 2.75) is 46.8 Å². The molecule has 13 heavy (non-hydrogen) atoms. The molecular weight excluding hydrogens is 176 g/mol. The quantitative estimate of drug-likeness (QED) is 0.564. The molecule has 0 aromatic rings. The van der Waals surface area contributed by atoms with Gasteiger partial charge in [0.25, 0.3) is 0 Å². The fraction of sp³-hybridized carbons (Fsp3) is 1.00. The fourth-order valence-corrected chi connectivity index (χ4v) is 3.35. The van der Waals surface area contributed by atoms with E-state index in [9.17, 15) is 0 Å². The number of hydrogen-bond acceptors (Lipinski definition) is 1. The second-order valence-electron chi connectivity index (χ2n) is 5.63. The van der Waals surface area contributed by atoms with Crippen LogP contribution < -0.4 is 0 Å². The highest BCUT2D eigenvalue weighted by atomic mass is 32.1. The van der Waals surface area contributed by atoms with Gasteiger partial charge < -0.3 is 0 Å². The lowest BCUT2D eigenvalue weighted by atomic mass is 9.57. The first kappa shape index (κ1) is 11.4. The summed E-state index contributed by atoms with van der Waals surface area (Å²) in [6.45, 7) is 14.3. The van der Waals surface area contributed by atoms with Gasteiger partial charge in [0.2, 0.25) is 0 Å². The third kappa shape index (κ3) is 1.65. The summed E-state index contributed by atoms with van der Waals surface area (Å²) >= 11 is 4.80. The Hall–Kier alpha value is 0.350. The van der Waals surface area contributed by atoms with Crippen molar-refractivity contribution in [1.29, 1.82) is 0 Å². The molecule has 1 aliphatic carbocycles. The lowest BCUT2D eigenvalue weighted by Crippen LogP contribution is -2.48. The molecule has 5 atom stereocenters. The van der Waals surface area contributed by atoms with E-state index in [0.29, 0.717) is 10.7 Å². The summed E-state index contributed by atoms with van der Waals surface area (Å²) in [6, 6.07) is 0. The Morgan fingerprint density at radius 2 is 1.31 bits per heavy atom. The molecule has 0 aliphatic heterocycles. The zero-order valence-corrected chi connectivity index (χ0v) is 10.7. The summed E-state index contributed by atoms with van der Waals surface area (Å²) in [5.41, 5.74) is 0.383. The fourth-order valence-electron chi connectivity index (χ4n) is 2.85. The van der Waals surface area contributed by atoms with Gasteiger partial charge in [0.05, 0.1) is 0 Å². The van der Waals surface area contributed by atoms with Crippen LogP contribution in [0.2, 0.25) is 0 Å². The lowest BCUT2D eigenvalue weighted by molar-refractivity contribution is 0.0268. The van der Waals surface area contributed by atoms with Gasteiger partial charge >= 0.3 is 0 Å². The molecule has 1 rings (SSSR count). The van der Waals surface area contributed by atoms with Crippen LogP contribution in [0.3, 0.4) is 0 Å². The van der Waals surface area contributed by atoms with Crippen LogP contribution in [-0.4, -0.2) is 5.25 Å². The predicted octanol–water partition coefficient (Wildman–Crippen LogP) is 3.87. The van der Waals surface area contributed by atoms with Crippen LogP contribution in [0.25, 0.3) is 0 Å². The molecule has 0 bridgehead atoms. The van der Waals surface area contributed by atoms with Gasteiger partial charge in [-0.15, -0.1) is 0 Å². The van der Waals surface area contributed by atoms with Crippen molar-refractivity contribution in [2.75, 3.05) is 0 Å². The predicted molar refractivity (Wildman–Crippen MR) is 63.2 cm³/mol. The minimum absolute atomic E-state index is 0.383. The van der Waals surface area contributed by atoms with E-state index >= 15 is 0 Å². The Kier molecular flexibility index (Phi) is 3.07. The molecule has 0 saturated heterocycles. The molecule has 1 heteroatoms. The average Bonchev–Trinajstić information content (AvgIpc) is 2.09. The second-order valence-corrected chi connectivity index (χ2v) is 6.19. The Bertz CT molecular complexity index is 168. The highest BCUT2D eigenvalue weighted by Gasteiger charge is 2.46. The molecule has 0 N–H and O–H groups in total. The summed E-state index contributed by atoms with van der Waals surface area (Å²) in [7, 11) is 0. The molecule has 1 aliphatic rings. The van der Waals surface area contributed by atoms with Crippen LogP contribution in [0, 0.1) is 29.1 Å². The van der Waals surface area contributed by atoms with Gasteiger partial charge in [-0.3, -0.25) is 0 Å². The van der Waals surface area contributed by atoms with E-state index in [4.69, 9.17) is 12.6 Å². The highest BCUT2D eigenvalue weighted by molar-refractivity contribution is 7.81. The van der Waals surface area contributed by atoms with Crippen LogP contribution >= 0.6 is 12.6 Å². The molecule has 0 radical (unpaired) electrons. The van der Waals surface area contributed by atoms with Crippen molar-refractivity contribution < 1.29 is 0 Å². The second kappa shape index (κ2) is 3.49. The zero-order chi connectivity index (χ0) is 10.4. The molecule has 5 unspecified atom stereocenters. The summed E-state index contributed by atoms with van der Waals surface area (Å²) in [5.74, 6) is 3.16. The largest absolute Gasteiger partial charge is 0.175 e. The van der Waals surface area contributed by atoms with Crippen LogP contribution in [0.1, 0.15) is 41.5 Å². The molecule has 1 saturated carbocycles. The van der Waals surface area contributed by atoms with Crippen LogP contribution in [-0.2, 0) is 0 Å². The Morgan fingerprint density at radius 3 is 1.77 bits per heavy atom. The van der Waals surface area contributed by atoms with E-state index < -0.39 is 0 Å². The van der Waals surface area contributed by atoms with E-state index in [1.807, 2.05) is 0 Å². The maximum Gasteiger partial charge on any atom is 0.00989 e. The Balaban J connectivity index is 2.93. The van der Waals surface area contributed by atoms with Gasteiger partial charge in [-0.05, 0) is 29.1 Å².